The van der Waals surface area contributed by atoms with Crippen LogP contribution >= 0.6 is 0 Å². The van der Waals surface area contributed by atoms with E-state index >= 15 is 0 Å². The molecule has 1 atom stereocenters. The van der Waals surface area contributed by atoms with E-state index in [-0.39, 0.29) is 0 Å². The Hall–Kier alpha value is -1.15. The zero-order chi connectivity index (χ0) is 13.5. The molecule has 1 aromatic rings. The summed E-state index contributed by atoms with van der Waals surface area (Å²) in [7, 11) is 0. The summed E-state index contributed by atoms with van der Waals surface area (Å²) in [5.41, 5.74) is 4.06. The first kappa shape index (κ1) is 14.3. The minimum Gasteiger partial charge on any atom is -0.307 e. The molecule has 0 saturated carbocycles. The fourth-order valence-electron chi connectivity index (χ4n) is 2.80. The summed E-state index contributed by atoms with van der Waals surface area (Å²) in [6.07, 6.45) is 12.1. The van der Waals surface area contributed by atoms with Crippen LogP contribution in [0.2, 0.25) is 0 Å². The summed E-state index contributed by atoms with van der Waals surface area (Å²) in [4.78, 5) is 4.32. The monoisotopic (exact) mass is 258 g/mol. The number of nitrogens with zero attached hydrogens (tertiary/aromatic N) is 1. The predicted molar refractivity (Wildman–Crippen MR) is 81.2 cm³/mol. The van der Waals surface area contributed by atoms with Gasteiger partial charge in [-0.1, -0.05) is 25.0 Å². The molecule has 0 bridgehead atoms. The molecule has 0 aromatic carbocycles. The minimum absolute atomic E-state index is 0.389. The van der Waals surface area contributed by atoms with E-state index in [1.807, 2.05) is 6.20 Å². The van der Waals surface area contributed by atoms with Crippen LogP contribution in [0.25, 0.3) is 0 Å². The third-order valence-corrected chi connectivity index (χ3v) is 3.80. The fourth-order valence-corrected chi connectivity index (χ4v) is 2.80. The molecule has 2 nitrogen and oxygen atoms in total. The van der Waals surface area contributed by atoms with Gasteiger partial charge in [-0.3, -0.25) is 4.98 Å². The van der Waals surface area contributed by atoms with Crippen LogP contribution in [0.4, 0.5) is 0 Å². The Balaban J connectivity index is 2.21. The van der Waals surface area contributed by atoms with Gasteiger partial charge in [0.2, 0.25) is 0 Å². The molecule has 19 heavy (non-hydrogen) atoms. The van der Waals surface area contributed by atoms with E-state index in [4.69, 9.17) is 0 Å². The maximum Gasteiger partial charge on any atom is 0.0537 e. The van der Waals surface area contributed by atoms with Gasteiger partial charge in [0.05, 0.1) is 6.04 Å². The van der Waals surface area contributed by atoms with Crippen LogP contribution in [0.5, 0.6) is 0 Å². The van der Waals surface area contributed by atoms with Crippen molar-refractivity contribution < 1.29 is 0 Å². The van der Waals surface area contributed by atoms with Gasteiger partial charge in [0.1, 0.15) is 0 Å². The lowest BCUT2D eigenvalue weighted by atomic mass is 9.95. The third-order valence-electron chi connectivity index (χ3n) is 3.80. The lowest BCUT2D eigenvalue weighted by Gasteiger charge is -2.22. The summed E-state index contributed by atoms with van der Waals surface area (Å²) >= 11 is 0. The van der Waals surface area contributed by atoms with Gasteiger partial charge in [0, 0.05) is 11.9 Å². The Kier molecular flexibility index (Phi) is 5.59. The van der Waals surface area contributed by atoms with E-state index in [1.54, 1.807) is 5.57 Å². The standard InChI is InChI=1S/C17H26N2/c1-3-11-19-17(15-8-6-4-5-7-9-15)16-10-12-18-14(2)13-16/h8,10,12-13,17,19H,3-7,9,11H2,1-2H3. The van der Waals surface area contributed by atoms with Gasteiger partial charge in [-0.2, -0.15) is 0 Å². The number of allylic oxidation sites excluding steroid dienone is 1. The average Bonchev–Trinajstić information content (AvgIpc) is 2.68. The molecule has 1 aliphatic rings. The quantitative estimate of drug-likeness (QED) is 0.796. The first-order valence-electron chi connectivity index (χ1n) is 7.66. The second-order valence-corrected chi connectivity index (χ2v) is 5.50. The van der Waals surface area contributed by atoms with Crippen LogP contribution in [0.15, 0.2) is 30.0 Å². The highest BCUT2D eigenvalue weighted by Crippen LogP contribution is 2.29. The fraction of sp³-hybridized carbons (Fsp3) is 0.588. The molecule has 2 heteroatoms. The van der Waals surface area contributed by atoms with Crippen molar-refractivity contribution in [1.82, 2.24) is 10.3 Å². The van der Waals surface area contributed by atoms with Gasteiger partial charge in [-0.25, -0.2) is 0 Å². The van der Waals surface area contributed by atoms with Crippen LogP contribution in [0, 0.1) is 6.92 Å². The predicted octanol–water partition coefficient (Wildman–Crippen LogP) is 4.32. The molecule has 0 radical (unpaired) electrons. The molecule has 0 fully saturated rings. The second-order valence-electron chi connectivity index (χ2n) is 5.50. The third kappa shape index (κ3) is 4.17. The first-order valence-corrected chi connectivity index (χ1v) is 7.66. The van der Waals surface area contributed by atoms with Crippen molar-refractivity contribution in [1.29, 1.82) is 0 Å². The van der Waals surface area contributed by atoms with Crippen LogP contribution in [0.3, 0.4) is 0 Å². The Labute approximate surface area is 117 Å². The Morgan fingerprint density at radius 2 is 2.21 bits per heavy atom. The van der Waals surface area contributed by atoms with E-state index in [1.165, 1.54) is 44.1 Å². The lowest BCUT2D eigenvalue weighted by molar-refractivity contribution is 0.566. The average molecular weight is 258 g/mol. The van der Waals surface area contributed by atoms with E-state index < -0.39 is 0 Å². The summed E-state index contributed by atoms with van der Waals surface area (Å²) in [6.45, 7) is 5.37. The maximum absolute atomic E-state index is 4.32. The highest BCUT2D eigenvalue weighted by Gasteiger charge is 2.17. The molecule has 1 aromatic heterocycles. The molecule has 0 amide bonds. The molecular weight excluding hydrogens is 232 g/mol. The highest BCUT2D eigenvalue weighted by molar-refractivity contribution is 5.29. The van der Waals surface area contributed by atoms with Crippen LogP contribution in [-0.2, 0) is 0 Å². The zero-order valence-corrected chi connectivity index (χ0v) is 12.3. The Morgan fingerprint density at radius 1 is 1.32 bits per heavy atom. The van der Waals surface area contributed by atoms with Crippen LogP contribution in [-0.4, -0.2) is 11.5 Å². The molecule has 1 aliphatic carbocycles. The first-order chi connectivity index (χ1) is 9.31. The minimum atomic E-state index is 0.389. The number of aryl methyl sites for hydroxylation is 1. The van der Waals surface area contributed by atoms with Gasteiger partial charge in [-0.05, 0) is 63.3 Å². The number of hydrogen-bond donors (Lipinski definition) is 1. The zero-order valence-electron chi connectivity index (χ0n) is 12.3. The van der Waals surface area contributed by atoms with Crippen molar-refractivity contribution >= 4 is 0 Å². The van der Waals surface area contributed by atoms with Crippen molar-refractivity contribution in [2.45, 2.75) is 58.4 Å². The molecular formula is C17H26N2. The Bertz CT molecular complexity index is 423. The number of hydrogen-bond acceptors (Lipinski definition) is 2. The SMILES string of the molecule is CCCNC(C1=CCCCCC1)c1ccnc(C)c1. The molecule has 1 heterocycles. The lowest BCUT2D eigenvalue weighted by Crippen LogP contribution is -2.24. The van der Waals surface area contributed by atoms with E-state index in [9.17, 15) is 0 Å². The Morgan fingerprint density at radius 3 is 3.00 bits per heavy atom. The number of pyridine rings is 1. The van der Waals surface area contributed by atoms with Crippen molar-refractivity contribution in [3.8, 4) is 0 Å². The summed E-state index contributed by atoms with van der Waals surface area (Å²) in [5.74, 6) is 0. The number of aromatic nitrogens is 1. The van der Waals surface area contributed by atoms with Crippen molar-refractivity contribution in [2.24, 2.45) is 0 Å². The van der Waals surface area contributed by atoms with E-state index in [0.29, 0.717) is 6.04 Å². The van der Waals surface area contributed by atoms with E-state index in [2.05, 4.69) is 42.4 Å². The summed E-state index contributed by atoms with van der Waals surface area (Å²) < 4.78 is 0. The molecule has 1 unspecified atom stereocenters. The molecule has 0 aliphatic heterocycles. The van der Waals surface area contributed by atoms with Gasteiger partial charge in [0.15, 0.2) is 0 Å². The largest absolute Gasteiger partial charge is 0.307 e. The van der Waals surface area contributed by atoms with Crippen molar-refractivity contribution in [2.75, 3.05) is 6.54 Å². The maximum atomic E-state index is 4.32. The van der Waals surface area contributed by atoms with Gasteiger partial charge in [0.25, 0.3) is 0 Å². The molecule has 104 valence electrons. The molecule has 0 saturated heterocycles. The topological polar surface area (TPSA) is 24.9 Å². The summed E-state index contributed by atoms with van der Waals surface area (Å²) in [5, 5.41) is 3.71. The van der Waals surface area contributed by atoms with Gasteiger partial charge >= 0.3 is 0 Å². The van der Waals surface area contributed by atoms with Crippen molar-refractivity contribution in [3.05, 3.63) is 41.2 Å². The van der Waals surface area contributed by atoms with Crippen molar-refractivity contribution in [3.63, 3.8) is 0 Å². The number of nitrogens with one attached hydrogen (secondary N) is 1. The van der Waals surface area contributed by atoms with Crippen LogP contribution in [0.1, 0.15) is 62.7 Å². The van der Waals surface area contributed by atoms with Gasteiger partial charge in [-0.15, -0.1) is 0 Å². The van der Waals surface area contributed by atoms with E-state index in [0.717, 1.165) is 12.2 Å². The molecule has 2 rings (SSSR count). The molecule has 0 spiro atoms. The van der Waals surface area contributed by atoms with Gasteiger partial charge < -0.3 is 5.32 Å². The van der Waals surface area contributed by atoms with Crippen LogP contribution < -0.4 is 5.32 Å². The normalized spacial score (nSPS) is 17.7. The summed E-state index contributed by atoms with van der Waals surface area (Å²) in [6, 6.07) is 4.77. The second kappa shape index (κ2) is 7.44. The molecule has 1 N–H and O–H groups in total. The number of rotatable bonds is 5. The highest BCUT2D eigenvalue weighted by atomic mass is 14.9. The smallest absolute Gasteiger partial charge is 0.0537 e.